The van der Waals surface area contributed by atoms with Gasteiger partial charge < -0.3 is 127 Å². The van der Waals surface area contributed by atoms with E-state index in [2.05, 4.69) is 53.8 Å². The molecule has 83 heavy (non-hydrogen) atoms. The SMILES string of the molecule is CC(=O)N[C@H]1[C@H]([C@H](OCC(=O)NCCCOCCN(CCOCCCNC(=O)CO[C@@H]([C@@H]2OC(C(=O)O)=C[C@H](N=C(N)N)[C@H]2NC(C)=O)[C@H](O)CO)C(=O)CCOCCOCCOCCOCI)[C@H](O)CO)OC(C(=O)O)=C[C@@H]1N=C(N)N. The number of halogens is 1. The first-order valence-corrected chi connectivity index (χ1v) is 27.8. The number of aliphatic imine (C=N–C) groups is 2. The molecule has 0 radical (unpaired) electrons. The predicted octanol–water partition coefficient (Wildman–Crippen LogP) is -6.79. The Morgan fingerprint density at radius 2 is 0.976 bits per heavy atom. The Balaban J connectivity index is 1.93. The molecule has 18 N–H and O–H groups in total. The van der Waals surface area contributed by atoms with Gasteiger partial charge in [0.15, 0.2) is 24.1 Å². The highest BCUT2D eigenvalue weighted by Gasteiger charge is 2.47. The van der Waals surface area contributed by atoms with Crippen molar-refractivity contribution >= 4 is 76.0 Å². The number of hydrogen-bond donors (Lipinski definition) is 14. The fourth-order valence-corrected chi connectivity index (χ4v) is 8.16. The number of hydrogen-bond acceptors (Lipinski definition) is 23. The second-order valence-corrected chi connectivity index (χ2v) is 18.7. The number of nitrogens with two attached hydrogens (primary N) is 4. The standard InChI is InChI=1S/C48H82IN11O23/c1-28(63)56-39-30(58-47(50)51)21-34(45(70)71)82-43(39)41(32(65)23-61)80-25-36(67)54-6-3-10-74-13-8-60(38(69)5-12-76-15-16-77-17-18-78-19-20-79-27-49)9-14-75-11-4-7-55-37(68)26-81-42(33(66)24-62)44-40(57-29(2)64)31(59-48(52)53)22-35(83-44)46(72)73/h21-22,30-33,39-44,61-62,65-66H,3-20,23-27H2,1-2H3,(H,54,67)(H,55,68)(H,56,63)(H,57,64)(H,70,71)(H,72,73)(H4,50,51,58)(H4,52,53,59)/t30-,31-,32+,33+,39+,40+,41+,42+,43+,44+/m0/s1. The molecule has 0 fully saturated rings. The van der Waals surface area contributed by atoms with Crippen LogP contribution in [0.2, 0.25) is 0 Å². The van der Waals surface area contributed by atoms with Crippen LogP contribution < -0.4 is 44.2 Å². The number of carbonyl (C=O) groups is 7. The number of alkyl halides is 1. The first-order chi connectivity index (χ1) is 39.6. The molecule has 2 aliphatic rings. The van der Waals surface area contributed by atoms with Crippen molar-refractivity contribution in [3.8, 4) is 0 Å². The molecule has 0 aromatic carbocycles. The van der Waals surface area contributed by atoms with E-state index in [1.54, 1.807) is 0 Å². The predicted molar refractivity (Wildman–Crippen MR) is 297 cm³/mol. The summed E-state index contributed by atoms with van der Waals surface area (Å²) >= 11 is 2.09. The van der Waals surface area contributed by atoms with Crippen LogP contribution in [0.1, 0.15) is 33.1 Å². The van der Waals surface area contributed by atoms with Crippen LogP contribution in [0.15, 0.2) is 33.7 Å². The number of carbonyl (C=O) groups excluding carboxylic acids is 5. The van der Waals surface area contributed by atoms with E-state index >= 15 is 0 Å². The minimum atomic E-state index is -1.73. The maximum absolute atomic E-state index is 13.3. The normalized spacial score (nSPS) is 19.8. The van der Waals surface area contributed by atoms with E-state index in [9.17, 15) is 64.2 Å². The Morgan fingerprint density at radius 1 is 0.602 bits per heavy atom. The molecular weight excluding hydrogens is 1230 g/mol. The Hall–Kier alpha value is -5.84. The van der Waals surface area contributed by atoms with Crippen molar-refractivity contribution in [2.45, 2.75) is 93.9 Å². The van der Waals surface area contributed by atoms with E-state index in [1.165, 1.54) is 4.90 Å². The highest BCUT2D eigenvalue weighted by molar-refractivity contribution is 14.1. The number of nitrogens with zero attached hydrogens (tertiary/aromatic N) is 3. The highest BCUT2D eigenvalue weighted by Crippen LogP contribution is 2.28. The Bertz CT molecular complexity index is 2000. The molecule has 5 amide bonds. The molecule has 0 aromatic heterocycles. The van der Waals surface area contributed by atoms with E-state index in [4.69, 9.17) is 70.3 Å². The van der Waals surface area contributed by atoms with Crippen molar-refractivity contribution in [1.82, 2.24) is 26.2 Å². The van der Waals surface area contributed by atoms with Crippen LogP contribution in [0.25, 0.3) is 0 Å². The van der Waals surface area contributed by atoms with E-state index in [-0.39, 0.29) is 84.8 Å². The lowest BCUT2D eigenvalue weighted by Gasteiger charge is -2.40. The molecule has 0 spiro atoms. The molecule has 2 rings (SSSR count). The summed E-state index contributed by atoms with van der Waals surface area (Å²) in [7, 11) is 0. The average Bonchev–Trinajstić information content (AvgIpc) is 3.62. The smallest absolute Gasteiger partial charge is 0.370 e. The summed E-state index contributed by atoms with van der Waals surface area (Å²) in [5.74, 6) is -8.05. The number of carboxylic acids is 2. The highest BCUT2D eigenvalue weighted by atomic mass is 127. The summed E-state index contributed by atoms with van der Waals surface area (Å²) in [6.45, 7) is 2.36. The van der Waals surface area contributed by atoms with Gasteiger partial charge in [0.05, 0.1) is 108 Å². The number of nitrogens with one attached hydrogen (secondary N) is 4. The number of carboxylic acid groups (broad SMARTS) is 2. The van der Waals surface area contributed by atoms with E-state index in [1.807, 2.05) is 0 Å². The van der Waals surface area contributed by atoms with Crippen molar-refractivity contribution in [2.75, 3.05) is 130 Å². The third-order valence-electron chi connectivity index (χ3n) is 11.6. The summed E-state index contributed by atoms with van der Waals surface area (Å²) in [4.78, 5) is 96.6. The van der Waals surface area contributed by atoms with Gasteiger partial charge in [0.2, 0.25) is 41.1 Å². The van der Waals surface area contributed by atoms with Crippen molar-refractivity contribution < 1.29 is 112 Å². The number of guanidine groups is 2. The second-order valence-electron chi connectivity index (χ2n) is 18.0. The number of amides is 5. The molecule has 0 aromatic rings. The van der Waals surface area contributed by atoms with Gasteiger partial charge in [0, 0.05) is 53.2 Å². The van der Waals surface area contributed by atoms with Gasteiger partial charge in [0.1, 0.15) is 37.6 Å². The fraction of sp³-hybridized carbons (Fsp3) is 0.729. The van der Waals surface area contributed by atoms with Crippen molar-refractivity contribution in [3.63, 3.8) is 0 Å². The topological polar surface area (TPSA) is 513 Å². The lowest BCUT2D eigenvalue weighted by molar-refractivity contribution is -0.158. The van der Waals surface area contributed by atoms with Gasteiger partial charge in [0.25, 0.3) is 0 Å². The molecule has 474 valence electrons. The maximum atomic E-state index is 13.3. The summed E-state index contributed by atoms with van der Waals surface area (Å²) in [5.41, 5.74) is 22.2. The molecule has 0 aliphatic carbocycles. The zero-order chi connectivity index (χ0) is 61.7. The third kappa shape index (κ3) is 30.0. The lowest BCUT2D eigenvalue weighted by atomic mass is 9.92. The van der Waals surface area contributed by atoms with Crippen LogP contribution in [-0.2, 0) is 80.9 Å². The Labute approximate surface area is 492 Å². The average molecular weight is 1310 g/mol. The monoisotopic (exact) mass is 1310 g/mol. The van der Waals surface area contributed by atoms with Crippen LogP contribution in [0.5, 0.6) is 0 Å². The molecule has 0 bridgehead atoms. The van der Waals surface area contributed by atoms with Gasteiger partial charge in [-0.15, -0.1) is 0 Å². The van der Waals surface area contributed by atoms with Gasteiger partial charge in [-0.05, 0) is 25.0 Å². The summed E-state index contributed by atoms with van der Waals surface area (Å²) < 4.78 is 56.2. The van der Waals surface area contributed by atoms with Crippen LogP contribution in [-0.4, -0.2) is 280 Å². The molecule has 0 unspecified atom stereocenters. The van der Waals surface area contributed by atoms with E-state index < -0.39 is 146 Å². The van der Waals surface area contributed by atoms with Crippen LogP contribution in [0.3, 0.4) is 0 Å². The summed E-state index contributed by atoms with van der Waals surface area (Å²) in [6, 6.07) is -4.82. The van der Waals surface area contributed by atoms with Gasteiger partial charge in [-0.3, -0.25) is 24.0 Å². The summed E-state index contributed by atoms with van der Waals surface area (Å²) in [5, 5.41) is 70.7. The number of ether oxygens (including phenoxy) is 10. The van der Waals surface area contributed by atoms with Gasteiger partial charge in [-0.1, -0.05) is 22.6 Å². The van der Waals surface area contributed by atoms with Crippen LogP contribution >= 0.6 is 22.6 Å². The van der Waals surface area contributed by atoms with Crippen molar-refractivity contribution in [1.29, 1.82) is 0 Å². The zero-order valence-corrected chi connectivity index (χ0v) is 48.5. The molecule has 0 saturated carbocycles. The number of aliphatic hydroxyl groups excluding tert-OH is 4. The first kappa shape index (κ1) is 73.3. The molecule has 34 nitrogen and oxygen atoms in total. The quantitative estimate of drug-likeness (QED) is 0.00886. The minimum absolute atomic E-state index is 0.0264. The van der Waals surface area contributed by atoms with Crippen LogP contribution in [0.4, 0.5) is 0 Å². The summed E-state index contributed by atoms with van der Waals surface area (Å²) in [6.07, 6.45) is -6.88. The number of aliphatic hydroxyl groups is 4. The molecule has 0 saturated heterocycles. The lowest BCUT2D eigenvalue weighted by Crippen LogP contribution is -2.60. The third-order valence-corrected chi connectivity index (χ3v) is 12.0. The Kier molecular flexibility index (Phi) is 37.1. The second kappa shape index (κ2) is 42.0. The molecule has 35 heteroatoms. The van der Waals surface area contributed by atoms with Gasteiger partial charge >= 0.3 is 11.9 Å². The Morgan fingerprint density at radius 3 is 1.33 bits per heavy atom. The first-order valence-electron chi connectivity index (χ1n) is 26.2. The van der Waals surface area contributed by atoms with E-state index in [0.717, 1.165) is 26.0 Å². The van der Waals surface area contributed by atoms with Crippen molar-refractivity contribution in [3.05, 3.63) is 23.7 Å². The minimum Gasteiger partial charge on any atom is -0.478 e. The van der Waals surface area contributed by atoms with Crippen molar-refractivity contribution in [2.24, 2.45) is 32.9 Å². The largest absolute Gasteiger partial charge is 0.478 e. The number of rotatable bonds is 45. The fourth-order valence-electron chi connectivity index (χ4n) is 7.85. The van der Waals surface area contributed by atoms with E-state index in [0.29, 0.717) is 43.9 Å². The molecule has 2 aliphatic heterocycles. The molecule has 2 heterocycles. The number of aliphatic carboxylic acids is 2. The maximum Gasteiger partial charge on any atom is 0.370 e. The zero-order valence-electron chi connectivity index (χ0n) is 46.3. The van der Waals surface area contributed by atoms with Gasteiger partial charge in [-0.25, -0.2) is 19.6 Å². The molecule has 10 atom stereocenters. The van der Waals surface area contributed by atoms with Crippen LogP contribution in [0, 0.1) is 0 Å². The van der Waals surface area contributed by atoms with Gasteiger partial charge in [-0.2, -0.15) is 0 Å². The molecular formula is C48H82IN11O23.